The molecule has 16 aliphatic rings. The Morgan fingerprint density at radius 1 is 0.550 bits per heavy atom. The van der Waals surface area contributed by atoms with E-state index in [1.807, 2.05) is 13.8 Å². The molecule has 16 fully saturated rings. The van der Waals surface area contributed by atoms with E-state index in [1.165, 1.54) is 126 Å². The summed E-state index contributed by atoms with van der Waals surface area (Å²) >= 11 is 6.97. The van der Waals surface area contributed by atoms with Crippen molar-refractivity contribution in [3.63, 3.8) is 0 Å². The number of aliphatic hydroxyl groups is 2. The number of aliphatic hydroxyl groups excluding tert-OH is 2. The molecule has 16 rings (SSSR count). The molecule has 18 atom stereocenters. The fourth-order valence-corrected chi connectivity index (χ4v) is 23.8. The van der Waals surface area contributed by atoms with Crippen molar-refractivity contribution in [2.45, 2.75) is 254 Å². The highest BCUT2D eigenvalue weighted by Gasteiger charge is 2.55. The maximum absolute atomic E-state index is 11.6. The second-order valence-corrected chi connectivity index (χ2v) is 42.4. The van der Waals surface area contributed by atoms with E-state index in [2.05, 4.69) is 45.5 Å². The quantitative estimate of drug-likeness (QED) is 0.00684. The largest absolute Gasteiger partial charge is 0.481 e. The molecule has 0 aromatic heterocycles. The summed E-state index contributed by atoms with van der Waals surface area (Å²) in [6.07, 6.45) is 40.1. The van der Waals surface area contributed by atoms with Crippen LogP contribution in [0.1, 0.15) is 254 Å². The number of aliphatic carboxylic acids is 1. The zero-order valence-electron chi connectivity index (χ0n) is 71.1. The zero-order chi connectivity index (χ0) is 86.1. The van der Waals surface area contributed by atoms with Gasteiger partial charge in [0.05, 0.1) is 64.8 Å². The van der Waals surface area contributed by atoms with Crippen LogP contribution in [0.5, 0.6) is 0 Å². The van der Waals surface area contributed by atoms with Crippen LogP contribution in [0.15, 0.2) is 11.6 Å². The lowest BCUT2D eigenvalue weighted by Crippen LogP contribution is -2.43. The zero-order valence-corrected chi connectivity index (χ0v) is 76.7. The molecule has 8 N–H and O–H groups in total. The van der Waals surface area contributed by atoms with Crippen LogP contribution in [0.25, 0.3) is 0 Å². The minimum atomic E-state index is -3.42. The molecule has 1 amide bonds. The molecule has 0 unspecified atom stereocenters. The summed E-state index contributed by atoms with van der Waals surface area (Å²) in [5.74, 6) is 12.4. The Kier molecular flexibility index (Phi) is 47.8. The highest BCUT2D eigenvalue weighted by atomic mass is 79.9. The lowest BCUT2D eigenvalue weighted by atomic mass is 8.76. The van der Waals surface area contributed by atoms with Gasteiger partial charge in [0, 0.05) is 117 Å². The average molecular weight is 1870 g/mol. The van der Waals surface area contributed by atoms with Gasteiger partial charge in [-0.1, -0.05) is 52.3 Å². The van der Waals surface area contributed by atoms with Crippen LogP contribution in [0.4, 0.5) is 0 Å². The van der Waals surface area contributed by atoms with Gasteiger partial charge in [-0.2, -0.15) is 16.8 Å². The Hall–Kier alpha value is -2.48. The first-order valence-corrected chi connectivity index (χ1v) is 49.8. The van der Waals surface area contributed by atoms with Gasteiger partial charge in [-0.15, -0.1) is 12.4 Å². The number of nitro groups is 1. The van der Waals surface area contributed by atoms with E-state index in [9.17, 15) is 55.7 Å². The Labute approximate surface area is 750 Å². The van der Waals surface area contributed by atoms with Crippen LogP contribution < -0.4 is 16.8 Å². The fraction of sp³-hybridized carbons (Fsp3) is 0.905. The fourth-order valence-electron chi connectivity index (χ4n) is 21.3. The summed E-state index contributed by atoms with van der Waals surface area (Å²) in [6.45, 7) is 9.56. The molecule has 120 heavy (non-hydrogen) atoms. The topological polar surface area (TPSA) is 385 Å². The number of ether oxygens (including phenoxy) is 3. The van der Waals surface area contributed by atoms with Gasteiger partial charge >= 0.3 is 23.9 Å². The van der Waals surface area contributed by atoms with E-state index < -0.39 is 38.0 Å². The van der Waals surface area contributed by atoms with Crippen LogP contribution in [-0.4, -0.2) is 219 Å². The summed E-state index contributed by atoms with van der Waals surface area (Å²) in [5, 5.41) is 42.1. The van der Waals surface area contributed by atoms with Crippen molar-refractivity contribution in [3.05, 3.63) is 21.8 Å². The number of esters is 3. The first-order chi connectivity index (χ1) is 55.4. The number of carboxylic acids is 1. The van der Waals surface area contributed by atoms with E-state index in [0.717, 1.165) is 186 Å². The summed E-state index contributed by atoms with van der Waals surface area (Å²) in [5.41, 5.74) is 12.9. The van der Waals surface area contributed by atoms with Crippen LogP contribution in [-0.2, 0) is 71.6 Å². The normalized spacial score (nSPS) is 31.3. The van der Waals surface area contributed by atoms with Gasteiger partial charge in [0.2, 0.25) is 12.5 Å². The molecule has 0 aromatic carbocycles. The van der Waals surface area contributed by atoms with Gasteiger partial charge in [0.25, 0.3) is 20.2 Å². The smallest absolute Gasteiger partial charge is 0.330 e. The first-order valence-electron chi connectivity index (χ1n) is 44.0. The molecule has 1 spiro atoms. The van der Waals surface area contributed by atoms with Gasteiger partial charge in [0.15, 0.2) is 0 Å². The van der Waals surface area contributed by atoms with E-state index >= 15 is 0 Å². The lowest BCUT2D eigenvalue weighted by Gasteiger charge is -2.35. The molecule has 9 radical (unpaired) electrons. The third kappa shape index (κ3) is 34.2. The number of carbonyl (C=O) groups is 6. The standard InChI is InChI=1S/C12H19NO4.C12H21NO2.C11H16O2.C10H17NO2.C10H15NO.C8H16O6S2.C7H10O.C6H10Br2.C6H12O2.2CH4.B7.ClH/c1-2-17-11(14)7-12(8-13(15)16)5-9-3-4-10(9)6-12;1-2-15-11(14)7-12(8-13)5-9-3-4-10(9)6-12;1-2-13-11(12)7-8-5-9-3-4-10(9)6-8;11-6-10(5-9(12)13)3-7-1-2-8(7)4-10;12-9-5-10(6-11-9)3-7-1-2-8(7)4-10;1-15(9,10)13-5-7-3-4-8(7)6-14-16(2,11)12;8-7-3-5-1-2-6(5)4-7;2*7-3-5-1-2-6(5)4-8;;;1-5-7(4)6(2)3;/h9-10H,2-8H2,1H3;9-10H,2-8,13H2,1H3;7,9-10H,2-6H2,1H3;7-8H,1-6,11H2,(H,12,13);7-8H,1-6H2,(H,11,12);7-8H,3-6H2,1-2H3;2*5-6H,1-4H2;5-8H,1-4H2;2*1H4;;1H/t3*9-,10-;3*7-,8-;3*5-,6-;;;;/m000000000..../s1. The van der Waals surface area contributed by atoms with Crippen molar-refractivity contribution in [1.82, 2.24) is 5.32 Å². The second-order valence-electron chi connectivity index (χ2n) is 37.8. The van der Waals surface area contributed by atoms with Crippen molar-refractivity contribution in [1.29, 1.82) is 0 Å². The number of ketones is 1. The van der Waals surface area contributed by atoms with E-state index in [0.29, 0.717) is 74.2 Å². The lowest BCUT2D eigenvalue weighted by molar-refractivity contribution is -0.497. The predicted octanol–water partition coefficient (Wildman–Crippen LogP) is 11.7. The molecule has 0 bridgehead atoms. The van der Waals surface area contributed by atoms with Crippen molar-refractivity contribution >= 4 is 151 Å². The van der Waals surface area contributed by atoms with E-state index in [-0.39, 0.29) is 131 Å². The number of nitrogens with two attached hydrogens (primary N) is 2. The number of alkyl halides is 2. The van der Waals surface area contributed by atoms with Gasteiger partial charge in [0.1, 0.15) is 5.78 Å². The van der Waals surface area contributed by atoms with E-state index in [1.54, 1.807) is 13.0 Å². The molecular formula is C84H145B7Br2ClN4O20S2. The van der Waals surface area contributed by atoms with Crippen molar-refractivity contribution in [3.8, 4) is 0 Å². The number of nitrogens with one attached hydrogen (secondary N) is 1. The SMILES string of the molecule is BrC[C@@H]1CC[C@H]1CBr.C.C.CCOC(=O)C=C1C[C@@H]2CC[C@H]2C1.CCOC(=O)CC1(CN)C[C@@H]2CC[C@H]2C1.CCOC(=O)CC1(C[N+](=O)[O-])C[C@@H]2CC[C@H]2C1.CS(=O)(=O)OC[C@@H]1CC[C@H]1COS(C)(=O)=O.Cl.NCC1(CC(=O)O)C[C@@H]2CC[C@H]2C1.O=C1CC2(CN1)C[C@@H]1CC[C@H]1C2.O=C1C[C@@H]2CC[C@H]2C1.OC[C@@H]1CC[C@H]1CO.[B][B]B([B])B([B])[B]. The third-order valence-corrected chi connectivity index (χ3v) is 32.4. The van der Waals surface area contributed by atoms with Gasteiger partial charge < -0.3 is 46.3 Å². The molecule has 0 aromatic rings. The number of hydrogen-bond acceptors (Lipinski definition) is 21. The minimum Gasteiger partial charge on any atom is -0.481 e. The number of nitrogens with zero attached hydrogens (tertiary/aromatic N) is 1. The number of fused-ring (bicyclic) bond motifs is 6. The third-order valence-electron chi connectivity index (χ3n) is 29.6. The molecule has 1 saturated heterocycles. The van der Waals surface area contributed by atoms with Crippen LogP contribution >= 0.6 is 44.3 Å². The summed E-state index contributed by atoms with van der Waals surface area (Å²) in [7, 11) is 14.8. The Bertz CT molecular complexity index is 3300. The molecule has 15 aliphatic carbocycles. The van der Waals surface area contributed by atoms with Gasteiger partial charge in [-0.05, 0) is 336 Å². The predicted molar refractivity (Wildman–Crippen MR) is 487 cm³/mol. The van der Waals surface area contributed by atoms with Crippen molar-refractivity contribution in [2.24, 2.45) is 140 Å². The minimum absolute atomic E-state index is 0. The second kappa shape index (κ2) is 52.2. The Balaban J connectivity index is 0.000000283. The number of halogens is 3. The molecule has 36 heteroatoms. The number of amides is 1. The highest BCUT2D eigenvalue weighted by molar-refractivity contribution is 9.09. The molecule has 24 nitrogen and oxygen atoms in total. The molecule has 15 saturated carbocycles. The number of Topliss-reactive ketones (excluding diaryl/α,β-unsaturated/α-hetero) is 1. The molecular weight excluding hydrogens is 1720 g/mol. The Morgan fingerprint density at radius 2 is 0.883 bits per heavy atom. The summed E-state index contributed by atoms with van der Waals surface area (Å²) in [4.78, 5) is 77.3. The number of carboxylic acid groups (broad SMARTS) is 1. The van der Waals surface area contributed by atoms with Crippen molar-refractivity contribution in [2.75, 3.05) is 95.6 Å². The highest BCUT2D eigenvalue weighted by Crippen LogP contribution is 2.60. The summed E-state index contributed by atoms with van der Waals surface area (Å²) < 4.78 is 67.2. The molecule has 1 aliphatic heterocycles. The maximum Gasteiger partial charge on any atom is 0.330 e. The van der Waals surface area contributed by atoms with Gasteiger partial charge in [-0.25, -0.2) is 4.79 Å². The number of hydrogen-bond donors (Lipinski definition) is 6. The van der Waals surface area contributed by atoms with Crippen LogP contribution in [0.2, 0.25) is 0 Å². The van der Waals surface area contributed by atoms with Crippen LogP contribution in [0.3, 0.4) is 0 Å². The molecule has 1 heterocycles. The number of carbonyl (C=O) groups excluding carboxylic acids is 5. The summed E-state index contributed by atoms with van der Waals surface area (Å²) in [6, 6.07) is 0. The van der Waals surface area contributed by atoms with Crippen LogP contribution in [0, 0.1) is 138 Å². The Morgan fingerprint density at radius 3 is 1.13 bits per heavy atom. The van der Waals surface area contributed by atoms with Gasteiger partial charge in [-0.3, -0.25) is 42.5 Å². The van der Waals surface area contributed by atoms with E-state index in [4.69, 9.17) is 71.9 Å². The average Bonchev–Trinajstić information content (AvgIpc) is 1.61. The number of allylic oxidation sites excluding steroid dienone is 1. The first kappa shape index (κ1) is 110. The molecule has 675 valence electrons. The van der Waals surface area contributed by atoms with Crippen molar-refractivity contribution < 1.29 is 88.4 Å². The maximum atomic E-state index is 11.6. The number of rotatable bonds is 26. The monoisotopic (exact) mass is 1860 g/mol.